The van der Waals surface area contributed by atoms with Crippen LogP contribution in [0, 0.1) is 6.92 Å². The number of ether oxygens (including phenoxy) is 1. The highest BCUT2D eigenvalue weighted by Crippen LogP contribution is 2.36. The maximum atomic E-state index is 11.9. The molecule has 1 N–H and O–H groups in total. The second-order valence-corrected chi connectivity index (χ2v) is 7.22. The van der Waals surface area contributed by atoms with Crippen LogP contribution in [0.2, 0.25) is 0 Å². The van der Waals surface area contributed by atoms with Gasteiger partial charge in [0.1, 0.15) is 12.1 Å². The number of rotatable bonds is 1. The number of fused-ring (bicyclic) bond motifs is 1. The van der Waals surface area contributed by atoms with E-state index in [1.807, 2.05) is 0 Å². The summed E-state index contributed by atoms with van der Waals surface area (Å²) in [5.41, 5.74) is 1.95. The third kappa shape index (κ3) is 2.68. The largest absolute Gasteiger partial charge is 0.372 e. The van der Waals surface area contributed by atoms with Crippen LogP contribution in [0.4, 0.5) is 5.82 Å². The van der Waals surface area contributed by atoms with Crippen LogP contribution in [-0.2, 0) is 9.53 Å². The molecule has 1 amide bonds. The number of nitrogens with zero attached hydrogens (tertiary/aromatic N) is 3. The van der Waals surface area contributed by atoms with Crippen LogP contribution < -0.4 is 10.2 Å². The molecule has 0 radical (unpaired) electrons. The number of thiophene rings is 1. The van der Waals surface area contributed by atoms with Crippen molar-refractivity contribution in [1.82, 2.24) is 15.3 Å². The number of hydrogen-bond donors (Lipinski definition) is 1. The molecule has 2 aliphatic heterocycles. The van der Waals surface area contributed by atoms with Crippen LogP contribution in [-0.4, -0.2) is 47.7 Å². The van der Waals surface area contributed by atoms with Gasteiger partial charge in [-0.1, -0.05) is 0 Å². The third-order valence-electron chi connectivity index (χ3n) is 4.80. The molecule has 2 aliphatic rings. The highest BCUT2D eigenvalue weighted by molar-refractivity contribution is 7.18. The molecule has 4 heterocycles. The fraction of sp³-hybridized carbons (Fsp3) is 0.562. The monoisotopic (exact) mass is 332 g/mol. The lowest BCUT2D eigenvalue weighted by atomic mass is 9.87. The van der Waals surface area contributed by atoms with E-state index in [0.717, 1.165) is 42.0 Å². The molecule has 0 aliphatic carbocycles. The van der Waals surface area contributed by atoms with Crippen molar-refractivity contribution in [2.75, 3.05) is 31.1 Å². The van der Waals surface area contributed by atoms with Gasteiger partial charge < -0.3 is 15.0 Å². The molecular weight excluding hydrogens is 312 g/mol. The average molecular weight is 332 g/mol. The number of aromatic nitrogens is 2. The second-order valence-electron chi connectivity index (χ2n) is 6.34. The topological polar surface area (TPSA) is 67.4 Å². The first-order valence-electron chi connectivity index (χ1n) is 8.01. The number of hydrogen-bond acceptors (Lipinski definition) is 6. The SMILES string of the molecule is Cc1csc2c(N3CCC4(CC3)CC(=O)NCCO4)ncnc12. The van der Waals surface area contributed by atoms with Gasteiger partial charge in [-0.25, -0.2) is 9.97 Å². The number of amides is 1. The number of aryl methyl sites for hydroxylation is 1. The normalized spacial score (nSPS) is 21.4. The molecule has 0 unspecified atom stereocenters. The summed E-state index contributed by atoms with van der Waals surface area (Å²) in [6, 6.07) is 0. The summed E-state index contributed by atoms with van der Waals surface area (Å²) >= 11 is 1.70. The van der Waals surface area contributed by atoms with Gasteiger partial charge >= 0.3 is 0 Å². The molecular formula is C16H20N4O2S. The minimum Gasteiger partial charge on any atom is -0.372 e. The molecule has 6 nitrogen and oxygen atoms in total. The van der Waals surface area contributed by atoms with Crippen LogP contribution in [0.5, 0.6) is 0 Å². The summed E-state index contributed by atoms with van der Waals surface area (Å²) in [5.74, 6) is 1.12. The maximum absolute atomic E-state index is 11.9. The first-order chi connectivity index (χ1) is 11.2. The van der Waals surface area contributed by atoms with Crippen molar-refractivity contribution < 1.29 is 9.53 Å². The van der Waals surface area contributed by atoms with Gasteiger partial charge in [0.15, 0.2) is 0 Å². The summed E-state index contributed by atoms with van der Waals surface area (Å²) in [6.45, 7) is 5.02. The molecule has 122 valence electrons. The molecule has 7 heteroatoms. The zero-order valence-electron chi connectivity index (χ0n) is 13.2. The van der Waals surface area contributed by atoms with Gasteiger partial charge in [-0.2, -0.15) is 0 Å². The highest BCUT2D eigenvalue weighted by atomic mass is 32.1. The predicted molar refractivity (Wildman–Crippen MR) is 89.9 cm³/mol. The van der Waals surface area contributed by atoms with Gasteiger partial charge in [0.2, 0.25) is 5.91 Å². The average Bonchev–Trinajstić information content (AvgIpc) is 2.84. The van der Waals surface area contributed by atoms with E-state index in [2.05, 4.69) is 32.5 Å². The van der Waals surface area contributed by atoms with Crippen molar-refractivity contribution in [1.29, 1.82) is 0 Å². The summed E-state index contributed by atoms with van der Waals surface area (Å²) < 4.78 is 7.19. The number of anilines is 1. The van der Waals surface area contributed by atoms with E-state index in [4.69, 9.17) is 4.74 Å². The summed E-state index contributed by atoms with van der Waals surface area (Å²) in [5, 5.41) is 5.02. The van der Waals surface area contributed by atoms with Crippen LogP contribution in [0.1, 0.15) is 24.8 Å². The fourth-order valence-electron chi connectivity index (χ4n) is 3.49. The number of piperidine rings is 1. The quantitative estimate of drug-likeness (QED) is 0.863. The molecule has 0 aromatic carbocycles. The number of carbonyl (C=O) groups is 1. The van der Waals surface area contributed by atoms with Crippen LogP contribution in [0.25, 0.3) is 10.2 Å². The lowest BCUT2D eigenvalue weighted by Crippen LogP contribution is -2.47. The van der Waals surface area contributed by atoms with Crippen molar-refractivity contribution in [2.24, 2.45) is 0 Å². The molecule has 2 fully saturated rings. The smallest absolute Gasteiger partial charge is 0.222 e. The van der Waals surface area contributed by atoms with Gasteiger partial charge in [0, 0.05) is 19.6 Å². The Hall–Kier alpha value is -1.73. The molecule has 0 bridgehead atoms. The molecule has 2 aromatic heterocycles. The Bertz CT molecular complexity index is 737. The Balaban J connectivity index is 1.56. The summed E-state index contributed by atoms with van der Waals surface area (Å²) in [4.78, 5) is 23.1. The predicted octanol–water partition coefficient (Wildman–Crippen LogP) is 1.88. The first kappa shape index (κ1) is 14.8. The minimum atomic E-state index is -0.297. The maximum Gasteiger partial charge on any atom is 0.222 e. The van der Waals surface area contributed by atoms with Crippen LogP contribution in [0.15, 0.2) is 11.7 Å². The van der Waals surface area contributed by atoms with E-state index < -0.39 is 0 Å². The lowest BCUT2D eigenvalue weighted by Gasteiger charge is -2.40. The molecule has 2 aromatic rings. The van der Waals surface area contributed by atoms with Crippen LogP contribution in [0.3, 0.4) is 0 Å². The molecule has 0 atom stereocenters. The second kappa shape index (κ2) is 5.72. The van der Waals surface area contributed by atoms with Gasteiger partial charge in [-0.15, -0.1) is 11.3 Å². The van der Waals surface area contributed by atoms with Gasteiger partial charge in [0.25, 0.3) is 0 Å². The number of carbonyl (C=O) groups excluding carboxylic acids is 1. The first-order valence-corrected chi connectivity index (χ1v) is 8.89. The Morgan fingerprint density at radius 3 is 3.00 bits per heavy atom. The van der Waals surface area contributed by atoms with Crippen molar-refractivity contribution in [3.8, 4) is 0 Å². The summed E-state index contributed by atoms with van der Waals surface area (Å²) in [6.07, 6.45) is 3.84. The van der Waals surface area contributed by atoms with Gasteiger partial charge in [0.05, 0.1) is 28.8 Å². The van der Waals surface area contributed by atoms with Crippen LogP contribution >= 0.6 is 11.3 Å². The Kier molecular flexibility index (Phi) is 3.69. The van der Waals surface area contributed by atoms with Crippen molar-refractivity contribution in [3.63, 3.8) is 0 Å². The van der Waals surface area contributed by atoms with E-state index in [9.17, 15) is 4.79 Å². The molecule has 2 saturated heterocycles. The third-order valence-corrected chi connectivity index (χ3v) is 5.88. The van der Waals surface area contributed by atoms with E-state index in [1.165, 1.54) is 5.56 Å². The lowest BCUT2D eigenvalue weighted by molar-refractivity contribution is -0.126. The van der Waals surface area contributed by atoms with E-state index in [-0.39, 0.29) is 11.5 Å². The molecule has 23 heavy (non-hydrogen) atoms. The van der Waals surface area contributed by atoms with Gasteiger partial charge in [-0.05, 0) is 30.7 Å². The van der Waals surface area contributed by atoms with E-state index in [0.29, 0.717) is 19.6 Å². The molecule has 0 saturated carbocycles. The zero-order valence-corrected chi connectivity index (χ0v) is 14.0. The minimum absolute atomic E-state index is 0.106. The summed E-state index contributed by atoms with van der Waals surface area (Å²) in [7, 11) is 0. The molecule has 1 spiro atoms. The Morgan fingerprint density at radius 2 is 2.17 bits per heavy atom. The molecule has 4 rings (SSSR count). The Labute approximate surface area is 138 Å². The van der Waals surface area contributed by atoms with Crippen molar-refractivity contribution in [3.05, 3.63) is 17.3 Å². The standard InChI is InChI=1S/C16H20N4O2S/c1-11-9-23-14-13(11)18-10-19-15(14)20-5-2-16(3-6-20)8-12(21)17-4-7-22-16/h9-10H,2-8H2,1H3,(H,17,21). The van der Waals surface area contributed by atoms with E-state index >= 15 is 0 Å². The zero-order chi connectivity index (χ0) is 15.9. The van der Waals surface area contributed by atoms with Crippen molar-refractivity contribution in [2.45, 2.75) is 31.8 Å². The number of nitrogens with one attached hydrogen (secondary N) is 1. The highest BCUT2D eigenvalue weighted by Gasteiger charge is 2.39. The van der Waals surface area contributed by atoms with E-state index in [1.54, 1.807) is 17.7 Å². The van der Waals surface area contributed by atoms with Gasteiger partial charge in [-0.3, -0.25) is 4.79 Å². The fourth-order valence-corrected chi connectivity index (χ4v) is 4.51. The Morgan fingerprint density at radius 1 is 1.35 bits per heavy atom. The van der Waals surface area contributed by atoms with Crippen molar-refractivity contribution >= 4 is 33.3 Å².